The molecule has 0 unspecified atom stereocenters. The molecule has 2 bridgehead atoms. The number of methoxy groups -OCH3 is 2. The molecule has 0 aromatic rings. The van der Waals surface area contributed by atoms with Gasteiger partial charge in [0.25, 0.3) is 0 Å². The van der Waals surface area contributed by atoms with Gasteiger partial charge in [-0.2, -0.15) is 0 Å². The molecule has 2 aliphatic carbocycles. The minimum Gasteiger partial charge on any atom is -0.353 e. The molecule has 15 heavy (non-hydrogen) atoms. The first-order valence-corrected chi connectivity index (χ1v) is 9.25. The Bertz CT molecular complexity index is 286. The Hall–Kier alpha value is -0.123. The lowest BCUT2D eigenvalue weighted by Crippen LogP contribution is -2.44. The highest BCUT2D eigenvalue weighted by molar-refractivity contribution is 6.83. The zero-order chi connectivity index (χ0) is 11.3. The van der Waals surface area contributed by atoms with Gasteiger partial charge in [0.05, 0.1) is 8.07 Å². The Kier molecular flexibility index (Phi) is 2.60. The van der Waals surface area contributed by atoms with Crippen LogP contribution in [0, 0.1) is 11.8 Å². The van der Waals surface area contributed by atoms with Crippen LogP contribution >= 0.6 is 0 Å². The van der Waals surface area contributed by atoms with Crippen LogP contribution in [-0.4, -0.2) is 28.1 Å². The van der Waals surface area contributed by atoms with Crippen molar-refractivity contribution in [3.05, 3.63) is 11.3 Å². The minimum atomic E-state index is -1.20. The van der Waals surface area contributed by atoms with Crippen molar-refractivity contribution in [1.82, 2.24) is 0 Å². The molecule has 86 valence electrons. The van der Waals surface area contributed by atoms with Crippen LogP contribution in [0.5, 0.6) is 0 Å². The maximum Gasteiger partial charge on any atom is 0.174 e. The predicted octanol–water partition coefficient (Wildman–Crippen LogP) is 2.82. The molecule has 1 saturated carbocycles. The van der Waals surface area contributed by atoms with Crippen LogP contribution in [0.1, 0.15) is 12.8 Å². The number of hydrogen-bond donors (Lipinski definition) is 0. The molecule has 0 aliphatic heterocycles. The maximum absolute atomic E-state index is 5.67. The predicted molar refractivity (Wildman–Crippen MR) is 64.4 cm³/mol. The van der Waals surface area contributed by atoms with E-state index in [4.69, 9.17) is 9.47 Å². The smallest absolute Gasteiger partial charge is 0.174 e. The number of allylic oxidation sites excluding steroid dienone is 1. The van der Waals surface area contributed by atoms with E-state index < -0.39 is 8.07 Å². The minimum absolute atomic E-state index is 0.310. The van der Waals surface area contributed by atoms with Crippen LogP contribution in [0.3, 0.4) is 0 Å². The SMILES string of the molecule is COC1(OC)C[C@H]2C=C([Si](C)(C)C)[C@@H]1C2. The van der Waals surface area contributed by atoms with Gasteiger partial charge in [-0.05, 0) is 12.3 Å². The highest BCUT2D eigenvalue weighted by Gasteiger charge is 2.54. The summed E-state index contributed by atoms with van der Waals surface area (Å²) in [4.78, 5) is 0. The fraction of sp³-hybridized carbons (Fsp3) is 0.833. The van der Waals surface area contributed by atoms with Gasteiger partial charge in [0.1, 0.15) is 0 Å². The van der Waals surface area contributed by atoms with Crippen LogP contribution in [0.4, 0.5) is 0 Å². The third-order valence-corrected chi connectivity index (χ3v) is 6.21. The molecule has 0 aromatic heterocycles. The standard InChI is InChI=1S/C12H22O2Si/c1-13-12(14-2)8-9-6-10(12)11(7-9)15(3,4)5/h7,9-10H,6,8H2,1-5H3/t9-,10+/m1/s1. The van der Waals surface area contributed by atoms with E-state index in [2.05, 4.69) is 25.7 Å². The van der Waals surface area contributed by atoms with E-state index in [1.165, 1.54) is 6.42 Å². The third-order valence-electron chi connectivity index (χ3n) is 3.96. The Morgan fingerprint density at radius 2 is 1.87 bits per heavy atom. The molecule has 1 fully saturated rings. The van der Waals surface area contributed by atoms with Crippen LogP contribution in [0.25, 0.3) is 0 Å². The summed E-state index contributed by atoms with van der Waals surface area (Å²) in [5.41, 5.74) is 0. The summed E-state index contributed by atoms with van der Waals surface area (Å²) in [6, 6.07) is 0. The molecule has 2 atom stereocenters. The van der Waals surface area contributed by atoms with Crippen LogP contribution in [0.2, 0.25) is 19.6 Å². The molecular formula is C12H22O2Si. The summed E-state index contributed by atoms with van der Waals surface area (Å²) < 4.78 is 11.3. The van der Waals surface area contributed by atoms with Gasteiger partial charge >= 0.3 is 0 Å². The Morgan fingerprint density at radius 1 is 1.27 bits per heavy atom. The number of rotatable bonds is 3. The normalized spacial score (nSPS) is 33.3. The first kappa shape index (κ1) is 11.4. The lowest BCUT2D eigenvalue weighted by molar-refractivity contribution is -0.222. The Labute approximate surface area is 93.7 Å². The highest BCUT2D eigenvalue weighted by atomic mass is 28.3. The summed E-state index contributed by atoms with van der Waals surface area (Å²) in [7, 11) is 2.37. The second kappa shape index (κ2) is 3.44. The number of fused-ring (bicyclic) bond motifs is 2. The van der Waals surface area contributed by atoms with E-state index in [1.54, 1.807) is 19.4 Å². The topological polar surface area (TPSA) is 18.5 Å². The van der Waals surface area contributed by atoms with E-state index in [0.29, 0.717) is 11.8 Å². The van der Waals surface area contributed by atoms with Gasteiger partial charge in [-0.3, -0.25) is 0 Å². The molecule has 2 nitrogen and oxygen atoms in total. The van der Waals surface area contributed by atoms with Crippen molar-refractivity contribution in [1.29, 1.82) is 0 Å². The molecule has 0 radical (unpaired) electrons. The quantitative estimate of drug-likeness (QED) is 0.544. The van der Waals surface area contributed by atoms with E-state index in [-0.39, 0.29) is 5.79 Å². The lowest BCUT2D eigenvalue weighted by atomic mass is 9.99. The Morgan fingerprint density at radius 3 is 2.27 bits per heavy atom. The van der Waals surface area contributed by atoms with Crippen molar-refractivity contribution >= 4 is 8.07 Å². The van der Waals surface area contributed by atoms with E-state index in [9.17, 15) is 0 Å². The van der Waals surface area contributed by atoms with Gasteiger partial charge in [-0.1, -0.05) is 30.9 Å². The zero-order valence-corrected chi connectivity index (χ0v) is 11.5. The molecule has 0 saturated heterocycles. The molecule has 0 amide bonds. The molecule has 2 aliphatic rings. The third kappa shape index (κ3) is 1.61. The van der Waals surface area contributed by atoms with Gasteiger partial charge in [0, 0.05) is 26.6 Å². The van der Waals surface area contributed by atoms with Crippen LogP contribution in [0.15, 0.2) is 11.3 Å². The second-order valence-electron chi connectivity index (χ2n) is 5.84. The second-order valence-corrected chi connectivity index (χ2v) is 10.9. The highest BCUT2D eigenvalue weighted by Crippen LogP contribution is 2.54. The first-order chi connectivity index (χ1) is 6.93. The molecule has 0 N–H and O–H groups in total. The van der Waals surface area contributed by atoms with Crippen molar-refractivity contribution in [2.75, 3.05) is 14.2 Å². The maximum atomic E-state index is 5.67. The van der Waals surface area contributed by atoms with Crippen molar-refractivity contribution in [2.24, 2.45) is 11.8 Å². The summed E-state index contributed by atoms with van der Waals surface area (Å²) in [5, 5.41) is 1.66. The van der Waals surface area contributed by atoms with E-state index >= 15 is 0 Å². The molecule has 2 rings (SSSR count). The van der Waals surface area contributed by atoms with Crippen molar-refractivity contribution in [2.45, 2.75) is 38.3 Å². The fourth-order valence-corrected chi connectivity index (χ4v) is 5.36. The zero-order valence-electron chi connectivity index (χ0n) is 10.5. The fourth-order valence-electron chi connectivity index (χ4n) is 3.24. The van der Waals surface area contributed by atoms with Crippen LogP contribution < -0.4 is 0 Å². The van der Waals surface area contributed by atoms with Crippen molar-refractivity contribution in [3.8, 4) is 0 Å². The number of ether oxygens (including phenoxy) is 2. The van der Waals surface area contributed by atoms with Crippen LogP contribution in [-0.2, 0) is 9.47 Å². The molecule has 3 heteroatoms. The average molecular weight is 226 g/mol. The average Bonchev–Trinajstić information content (AvgIpc) is 2.73. The summed E-state index contributed by atoms with van der Waals surface area (Å²) in [6.07, 6.45) is 4.78. The molecule has 0 aromatic carbocycles. The van der Waals surface area contributed by atoms with Gasteiger partial charge in [0.2, 0.25) is 0 Å². The van der Waals surface area contributed by atoms with Gasteiger partial charge < -0.3 is 9.47 Å². The van der Waals surface area contributed by atoms with Gasteiger partial charge in [-0.25, -0.2) is 0 Å². The molecule has 0 spiro atoms. The lowest BCUT2D eigenvalue weighted by Gasteiger charge is -2.39. The summed E-state index contributed by atoms with van der Waals surface area (Å²) in [5.74, 6) is 0.899. The van der Waals surface area contributed by atoms with E-state index in [0.717, 1.165) is 6.42 Å². The first-order valence-electron chi connectivity index (χ1n) is 5.75. The van der Waals surface area contributed by atoms with E-state index in [1.807, 2.05) is 0 Å². The van der Waals surface area contributed by atoms with Crippen molar-refractivity contribution < 1.29 is 9.47 Å². The number of hydrogen-bond acceptors (Lipinski definition) is 2. The Balaban J connectivity index is 2.31. The summed E-state index contributed by atoms with van der Waals surface area (Å²) >= 11 is 0. The molecular weight excluding hydrogens is 204 g/mol. The monoisotopic (exact) mass is 226 g/mol. The van der Waals surface area contributed by atoms with Crippen molar-refractivity contribution in [3.63, 3.8) is 0 Å². The largest absolute Gasteiger partial charge is 0.353 e. The van der Waals surface area contributed by atoms with Gasteiger partial charge in [0.15, 0.2) is 5.79 Å². The molecule has 0 heterocycles. The summed E-state index contributed by atoms with van der Waals surface area (Å²) in [6.45, 7) is 7.24. The van der Waals surface area contributed by atoms with Gasteiger partial charge in [-0.15, -0.1) is 0 Å².